The summed E-state index contributed by atoms with van der Waals surface area (Å²) in [6.45, 7) is 8.78. The van der Waals surface area contributed by atoms with Crippen LogP contribution in [0.5, 0.6) is 0 Å². The topological polar surface area (TPSA) is 3.88 Å². The molecule has 3 aromatic rings. The lowest BCUT2D eigenvalue weighted by atomic mass is 9.93. The van der Waals surface area contributed by atoms with E-state index >= 15 is 0 Å². The average Bonchev–Trinajstić information content (AvgIpc) is 2.47. The third-order valence-corrected chi connectivity index (χ3v) is 4.54. The Morgan fingerprint density at radius 3 is 2.14 bits per heavy atom. The molecule has 1 aromatic heterocycles. The van der Waals surface area contributed by atoms with Crippen LogP contribution < -0.4 is 4.57 Å². The maximum Gasteiger partial charge on any atom is 0.212 e. The van der Waals surface area contributed by atoms with Gasteiger partial charge in [0, 0.05) is 17.2 Å². The molecule has 0 aliphatic rings. The van der Waals surface area contributed by atoms with E-state index in [4.69, 9.17) is 0 Å². The number of pyridine rings is 1. The first-order valence-corrected chi connectivity index (χ1v) is 7.45. The van der Waals surface area contributed by atoms with Crippen molar-refractivity contribution in [2.75, 3.05) is 0 Å². The van der Waals surface area contributed by atoms with Gasteiger partial charge >= 0.3 is 0 Å². The van der Waals surface area contributed by atoms with E-state index in [9.17, 15) is 0 Å². The van der Waals surface area contributed by atoms with Crippen molar-refractivity contribution in [2.45, 2.75) is 27.7 Å². The molecular weight excluding hydrogens is 254 g/mol. The van der Waals surface area contributed by atoms with Crippen molar-refractivity contribution in [1.82, 2.24) is 0 Å². The van der Waals surface area contributed by atoms with Crippen molar-refractivity contribution < 1.29 is 4.57 Å². The van der Waals surface area contributed by atoms with Gasteiger partial charge < -0.3 is 0 Å². The van der Waals surface area contributed by atoms with Crippen LogP contribution in [0.25, 0.3) is 22.0 Å². The largest absolute Gasteiger partial charge is 0.212 e. The number of aryl methyl sites for hydroxylation is 5. The lowest BCUT2D eigenvalue weighted by Gasteiger charge is -2.12. The molecule has 0 fully saturated rings. The predicted molar refractivity (Wildman–Crippen MR) is 89.5 cm³/mol. The number of benzene rings is 2. The van der Waals surface area contributed by atoms with Gasteiger partial charge in [0.2, 0.25) is 5.69 Å². The van der Waals surface area contributed by atoms with Crippen LogP contribution >= 0.6 is 0 Å². The van der Waals surface area contributed by atoms with Gasteiger partial charge in [-0.25, -0.2) is 4.57 Å². The van der Waals surface area contributed by atoms with Gasteiger partial charge in [-0.3, -0.25) is 0 Å². The maximum absolute atomic E-state index is 2.32. The first kappa shape index (κ1) is 13.8. The van der Waals surface area contributed by atoms with Crippen molar-refractivity contribution in [3.05, 3.63) is 64.8 Å². The van der Waals surface area contributed by atoms with Crippen LogP contribution in [0.1, 0.15) is 22.3 Å². The summed E-state index contributed by atoms with van der Waals surface area (Å²) in [5.41, 5.74) is 7.98. The predicted octanol–water partition coefficient (Wildman–Crippen LogP) is 4.56. The molecule has 0 saturated heterocycles. The molecule has 0 aliphatic carbocycles. The molecule has 0 saturated carbocycles. The molecule has 0 atom stereocenters. The Morgan fingerprint density at radius 2 is 1.43 bits per heavy atom. The highest BCUT2D eigenvalue weighted by Crippen LogP contribution is 2.31. The second-order valence-corrected chi connectivity index (χ2v) is 6.05. The van der Waals surface area contributed by atoms with Crippen LogP contribution in [-0.2, 0) is 7.05 Å². The molecule has 3 rings (SSSR count). The highest BCUT2D eigenvalue weighted by molar-refractivity contribution is 5.93. The molecular formula is C20H22N+. The minimum atomic E-state index is 1.28. The van der Waals surface area contributed by atoms with E-state index in [1.165, 1.54) is 44.3 Å². The van der Waals surface area contributed by atoms with Crippen molar-refractivity contribution >= 4 is 10.8 Å². The van der Waals surface area contributed by atoms with E-state index in [1.54, 1.807) is 0 Å². The third-order valence-electron chi connectivity index (χ3n) is 4.54. The van der Waals surface area contributed by atoms with Crippen LogP contribution in [0.4, 0.5) is 0 Å². The average molecular weight is 276 g/mol. The number of rotatable bonds is 1. The minimum absolute atomic E-state index is 1.28. The smallest absolute Gasteiger partial charge is 0.201 e. The van der Waals surface area contributed by atoms with Gasteiger partial charge in [-0.2, -0.15) is 0 Å². The number of fused-ring (bicyclic) bond motifs is 1. The Hall–Kier alpha value is -2.15. The molecule has 0 aliphatic heterocycles. The molecule has 0 radical (unpaired) electrons. The molecule has 0 bridgehead atoms. The van der Waals surface area contributed by atoms with Gasteiger partial charge in [0.15, 0.2) is 6.20 Å². The summed E-state index contributed by atoms with van der Waals surface area (Å²) in [6, 6.07) is 13.3. The van der Waals surface area contributed by atoms with E-state index in [0.717, 1.165) is 0 Å². The molecule has 1 heteroatoms. The number of hydrogen-bond donors (Lipinski definition) is 0. The zero-order valence-corrected chi connectivity index (χ0v) is 13.5. The van der Waals surface area contributed by atoms with Crippen LogP contribution in [0, 0.1) is 27.7 Å². The number of hydrogen-bond acceptors (Lipinski definition) is 0. The number of nitrogens with zero attached hydrogens (tertiary/aromatic N) is 1. The molecule has 0 amide bonds. The highest BCUT2D eigenvalue weighted by atomic mass is 14.9. The third kappa shape index (κ3) is 2.23. The molecule has 1 nitrogen and oxygen atoms in total. The van der Waals surface area contributed by atoms with Crippen LogP contribution in [0.2, 0.25) is 0 Å². The van der Waals surface area contributed by atoms with Crippen molar-refractivity contribution in [2.24, 2.45) is 7.05 Å². The zero-order chi connectivity index (χ0) is 15.1. The zero-order valence-electron chi connectivity index (χ0n) is 13.5. The van der Waals surface area contributed by atoms with Gasteiger partial charge in [-0.05, 0) is 61.2 Å². The molecule has 0 spiro atoms. The first-order valence-electron chi connectivity index (χ1n) is 7.45. The molecule has 21 heavy (non-hydrogen) atoms. The Morgan fingerprint density at radius 1 is 0.762 bits per heavy atom. The lowest BCUT2D eigenvalue weighted by molar-refractivity contribution is -0.660. The summed E-state index contributed by atoms with van der Waals surface area (Å²) in [5.74, 6) is 0. The van der Waals surface area contributed by atoms with E-state index in [1.807, 2.05) is 0 Å². The molecule has 0 unspecified atom stereocenters. The Labute approximate surface area is 126 Å². The summed E-state index contributed by atoms with van der Waals surface area (Å²) in [6.07, 6.45) is 2.22. The molecule has 1 heterocycles. The van der Waals surface area contributed by atoms with Crippen molar-refractivity contribution in [3.8, 4) is 11.3 Å². The van der Waals surface area contributed by atoms with Crippen LogP contribution in [0.15, 0.2) is 42.6 Å². The SMILES string of the molecule is Cc1cc(-c2cc(C)c3ccccc3c2C)[n+](C)cc1C. The lowest BCUT2D eigenvalue weighted by Crippen LogP contribution is -2.31. The number of aromatic nitrogens is 1. The summed E-state index contributed by atoms with van der Waals surface area (Å²) in [5, 5.41) is 2.70. The monoisotopic (exact) mass is 276 g/mol. The van der Waals surface area contributed by atoms with Crippen molar-refractivity contribution in [3.63, 3.8) is 0 Å². The summed E-state index contributed by atoms with van der Waals surface area (Å²) in [7, 11) is 2.13. The Bertz CT molecular complexity index is 844. The highest BCUT2D eigenvalue weighted by Gasteiger charge is 2.16. The van der Waals surface area contributed by atoms with Gasteiger partial charge in [0.05, 0.1) is 0 Å². The van der Waals surface area contributed by atoms with Gasteiger partial charge in [0.25, 0.3) is 0 Å². The van der Waals surface area contributed by atoms with E-state index in [-0.39, 0.29) is 0 Å². The normalized spacial score (nSPS) is 11.1. The fourth-order valence-corrected chi connectivity index (χ4v) is 3.12. The van der Waals surface area contributed by atoms with Crippen LogP contribution in [0.3, 0.4) is 0 Å². The fraction of sp³-hybridized carbons (Fsp3) is 0.250. The van der Waals surface area contributed by atoms with Gasteiger partial charge in [-0.15, -0.1) is 0 Å². The molecule has 2 aromatic carbocycles. The van der Waals surface area contributed by atoms with Crippen molar-refractivity contribution in [1.29, 1.82) is 0 Å². The Kier molecular flexibility index (Phi) is 3.29. The Balaban J connectivity index is 2.36. The van der Waals surface area contributed by atoms with E-state index in [2.05, 4.69) is 81.9 Å². The molecule has 106 valence electrons. The summed E-state index contributed by atoms with van der Waals surface area (Å²) < 4.78 is 2.24. The summed E-state index contributed by atoms with van der Waals surface area (Å²) >= 11 is 0. The molecule has 0 N–H and O–H groups in total. The maximum atomic E-state index is 2.32. The van der Waals surface area contributed by atoms with Crippen LogP contribution in [-0.4, -0.2) is 0 Å². The standard InChI is InChI=1S/C20H22N/c1-13-11-20(21(5)12-15(13)3)19-10-14(2)17-8-6-7-9-18(17)16(19)4/h6-12H,1-5H3/q+1. The van der Waals surface area contributed by atoms with Gasteiger partial charge in [0.1, 0.15) is 7.05 Å². The quantitative estimate of drug-likeness (QED) is 0.573. The van der Waals surface area contributed by atoms with Gasteiger partial charge in [-0.1, -0.05) is 24.3 Å². The second-order valence-electron chi connectivity index (χ2n) is 6.05. The fourth-order valence-electron chi connectivity index (χ4n) is 3.12. The first-order chi connectivity index (χ1) is 9.99. The summed E-state index contributed by atoms with van der Waals surface area (Å²) in [4.78, 5) is 0. The van der Waals surface area contributed by atoms with E-state index in [0.29, 0.717) is 0 Å². The second kappa shape index (κ2) is 5.00. The minimum Gasteiger partial charge on any atom is -0.201 e. The van der Waals surface area contributed by atoms with E-state index < -0.39 is 0 Å².